The molecule has 0 radical (unpaired) electrons. The van der Waals surface area contributed by atoms with Crippen molar-refractivity contribution in [1.29, 1.82) is 0 Å². The number of likely N-dealkylation sites (tertiary alicyclic amines) is 1. The topological polar surface area (TPSA) is 27.6 Å². The highest BCUT2D eigenvalue weighted by atomic mass is 32.2. The predicted octanol–water partition coefficient (Wildman–Crippen LogP) is 2.19. The highest BCUT2D eigenvalue weighted by molar-refractivity contribution is 8.14. The Hall–Kier alpha value is -0.220. The molecule has 2 heterocycles. The first-order valence-electron chi connectivity index (χ1n) is 6.73. The molecule has 0 aromatic carbocycles. The molecule has 1 saturated heterocycles. The lowest BCUT2D eigenvalue weighted by atomic mass is 9.99. The fraction of sp³-hybridized carbons (Fsp3) is 0.923. The number of thioether (sulfide) groups is 1. The fourth-order valence-electron chi connectivity index (χ4n) is 2.41. The van der Waals surface area contributed by atoms with Gasteiger partial charge in [-0.3, -0.25) is 4.99 Å². The van der Waals surface area contributed by atoms with E-state index in [2.05, 4.69) is 38.0 Å². The molecule has 1 fully saturated rings. The fourth-order valence-corrected chi connectivity index (χ4v) is 3.65. The molecule has 0 aliphatic carbocycles. The highest BCUT2D eigenvalue weighted by Gasteiger charge is 2.26. The van der Waals surface area contributed by atoms with Crippen molar-refractivity contribution < 1.29 is 0 Å². The van der Waals surface area contributed by atoms with Gasteiger partial charge in [-0.05, 0) is 32.7 Å². The zero-order valence-corrected chi connectivity index (χ0v) is 12.3. The molecular weight excluding hydrogens is 230 g/mol. The molecule has 2 aliphatic rings. The lowest BCUT2D eigenvalue weighted by Gasteiger charge is -2.35. The summed E-state index contributed by atoms with van der Waals surface area (Å²) in [5.74, 6) is 1.82. The second-order valence-electron chi connectivity index (χ2n) is 5.75. The third-order valence-corrected chi connectivity index (χ3v) is 4.98. The van der Waals surface area contributed by atoms with Crippen LogP contribution in [-0.2, 0) is 0 Å². The molecule has 3 atom stereocenters. The molecule has 98 valence electrons. The van der Waals surface area contributed by atoms with E-state index >= 15 is 0 Å². The summed E-state index contributed by atoms with van der Waals surface area (Å²) in [7, 11) is 2.22. The van der Waals surface area contributed by atoms with Gasteiger partial charge in [0.15, 0.2) is 5.17 Å². The Labute approximate surface area is 109 Å². The Morgan fingerprint density at radius 3 is 2.82 bits per heavy atom. The molecule has 2 aliphatic heterocycles. The van der Waals surface area contributed by atoms with Crippen LogP contribution in [0.1, 0.15) is 33.6 Å². The van der Waals surface area contributed by atoms with Gasteiger partial charge in [-0.25, -0.2) is 0 Å². The van der Waals surface area contributed by atoms with Gasteiger partial charge in [-0.1, -0.05) is 25.6 Å². The van der Waals surface area contributed by atoms with Crippen LogP contribution in [-0.4, -0.2) is 47.5 Å². The maximum Gasteiger partial charge on any atom is 0.157 e. The summed E-state index contributed by atoms with van der Waals surface area (Å²) in [4.78, 5) is 7.22. The van der Waals surface area contributed by atoms with Gasteiger partial charge in [-0.2, -0.15) is 0 Å². The van der Waals surface area contributed by atoms with Gasteiger partial charge >= 0.3 is 0 Å². The molecular formula is C13H25N3S. The van der Waals surface area contributed by atoms with Crippen LogP contribution < -0.4 is 5.32 Å². The van der Waals surface area contributed by atoms with Crippen molar-refractivity contribution in [3.63, 3.8) is 0 Å². The quantitative estimate of drug-likeness (QED) is 0.819. The van der Waals surface area contributed by atoms with Crippen molar-refractivity contribution in [2.75, 3.05) is 19.3 Å². The van der Waals surface area contributed by atoms with Crippen LogP contribution >= 0.6 is 11.8 Å². The largest absolute Gasteiger partial charge is 0.362 e. The van der Waals surface area contributed by atoms with Gasteiger partial charge in [0.2, 0.25) is 0 Å². The van der Waals surface area contributed by atoms with Crippen LogP contribution in [0.5, 0.6) is 0 Å². The van der Waals surface area contributed by atoms with Gasteiger partial charge < -0.3 is 10.2 Å². The van der Waals surface area contributed by atoms with E-state index in [0.29, 0.717) is 24.0 Å². The van der Waals surface area contributed by atoms with Crippen molar-refractivity contribution >= 4 is 16.9 Å². The third-order valence-electron chi connectivity index (χ3n) is 3.98. The molecule has 0 aromatic rings. The molecule has 0 aromatic heterocycles. The maximum absolute atomic E-state index is 4.78. The normalized spacial score (nSPS) is 35.1. The zero-order chi connectivity index (χ0) is 12.4. The van der Waals surface area contributed by atoms with E-state index < -0.39 is 0 Å². The first kappa shape index (κ1) is 13.2. The van der Waals surface area contributed by atoms with E-state index in [0.717, 1.165) is 5.75 Å². The Balaban J connectivity index is 1.84. The van der Waals surface area contributed by atoms with E-state index in [1.54, 1.807) is 0 Å². The van der Waals surface area contributed by atoms with Crippen LogP contribution in [0.2, 0.25) is 0 Å². The predicted molar refractivity (Wildman–Crippen MR) is 76.8 cm³/mol. The minimum absolute atomic E-state index is 0.520. The molecule has 2 unspecified atom stereocenters. The van der Waals surface area contributed by atoms with Crippen molar-refractivity contribution in [1.82, 2.24) is 10.2 Å². The number of hydrogen-bond donors (Lipinski definition) is 1. The van der Waals surface area contributed by atoms with Crippen molar-refractivity contribution in [2.45, 2.75) is 51.7 Å². The summed E-state index contributed by atoms with van der Waals surface area (Å²) in [6, 6.07) is 1.83. The summed E-state index contributed by atoms with van der Waals surface area (Å²) in [6.07, 6.45) is 2.48. The molecule has 2 rings (SSSR count). The standard InChI is InChI=1S/C13H25N3S/c1-9(2)12-8-17-13(15-12)14-11-5-6-16(4)10(3)7-11/h9-12H,5-8H2,1-4H3,(H,14,15)/t10?,11?,12-/m1/s1. The molecule has 0 amide bonds. The zero-order valence-electron chi connectivity index (χ0n) is 11.4. The number of rotatable bonds is 2. The van der Waals surface area contributed by atoms with Crippen LogP contribution in [0.15, 0.2) is 4.99 Å². The van der Waals surface area contributed by atoms with Crippen LogP contribution in [0.4, 0.5) is 0 Å². The Bertz CT molecular complexity index is 290. The van der Waals surface area contributed by atoms with Crippen LogP contribution in [0, 0.1) is 5.92 Å². The SMILES string of the molecule is CC(C)[C@H]1CSC(NC2CCN(C)C(C)C2)=N1. The summed E-state index contributed by atoms with van der Waals surface area (Å²) in [5, 5.41) is 4.83. The van der Waals surface area contributed by atoms with E-state index in [1.807, 2.05) is 11.8 Å². The first-order valence-corrected chi connectivity index (χ1v) is 7.72. The molecule has 0 spiro atoms. The smallest absolute Gasteiger partial charge is 0.157 e. The van der Waals surface area contributed by atoms with Gasteiger partial charge in [0.25, 0.3) is 0 Å². The molecule has 4 heteroatoms. The van der Waals surface area contributed by atoms with Gasteiger partial charge in [0.05, 0.1) is 6.04 Å². The number of nitrogens with one attached hydrogen (secondary N) is 1. The lowest BCUT2D eigenvalue weighted by molar-refractivity contribution is 0.177. The maximum atomic E-state index is 4.78. The molecule has 0 bridgehead atoms. The average molecular weight is 255 g/mol. The summed E-state index contributed by atoms with van der Waals surface area (Å²) in [6.45, 7) is 8.03. The van der Waals surface area contributed by atoms with Crippen molar-refractivity contribution in [2.24, 2.45) is 10.9 Å². The second kappa shape index (κ2) is 5.61. The van der Waals surface area contributed by atoms with Crippen LogP contribution in [0.25, 0.3) is 0 Å². The summed E-state index contributed by atoms with van der Waals surface area (Å²) < 4.78 is 0. The number of amidine groups is 1. The molecule has 3 nitrogen and oxygen atoms in total. The Morgan fingerprint density at radius 2 is 2.24 bits per heavy atom. The molecule has 0 saturated carbocycles. The van der Waals surface area contributed by atoms with E-state index in [1.165, 1.54) is 24.6 Å². The Kier molecular flexibility index (Phi) is 4.36. The van der Waals surface area contributed by atoms with E-state index in [-0.39, 0.29) is 0 Å². The minimum Gasteiger partial charge on any atom is -0.362 e. The number of piperidine rings is 1. The Morgan fingerprint density at radius 1 is 1.47 bits per heavy atom. The van der Waals surface area contributed by atoms with Crippen LogP contribution in [0.3, 0.4) is 0 Å². The number of nitrogens with zero attached hydrogens (tertiary/aromatic N) is 2. The highest BCUT2D eigenvalue weighted by Crippen LogP contribution is 2.24. The van der Waals surface area contributed by atoms with E-state index in [9.17, 15) is 0 Å². The first-order chi connectivity index (χ1) is 8.06. The summed E-state index contributed by atoms with van der Waals surface area (Å²) >= 11 is 1.90. The molecule has 1 N–H and O–H groups in total. The number of aliphatic imine (C=N–C) groups is 1. The summed E-state index contributed by atoms with van der Waals surface area (Å²) in [5.41, 5.74) is 0. The lowest BCUT2D eigenvalue weighted by Crippen LogP contribution is -2.46. The van der Waals surface area contributed by atoms with Crippen molar-refractivity contribution in [3.8, 4) is 0 Å². The van der Waals surface area contributed by atoms with E-state index in [4.69, 9.17) is 4.99 Å². The third kappa shape index (κ3) is 3.38. The monoisotopic (exact) mass is 255 g/mol. The van der Waals surface area contributed by atoms with Crippen molar-refractivity contribution in [3.05, 3.63) is 0 Å². The number of hydrogen-bond acceptors (Lipinski definition) is 4. The molecule has 17 heavy (non-hydrogen) atoms. The van der Waals surface area contributed by atoms with Gasteiger partial charge in [0.1, 0.15) is 0 Å². The van der Waals surface area contributed by atoms with Gasteiger partial charge in [-0.15, -0.1) is 0 Å². The average Bonchev–Trinajstić information content (AvgIpc) is 2.72. The van der Waals surface area contributed by atoms with Gasteiger partial charge in [0, 0.05) is 24.4 Å². The second-order valence-corrected chi connectivity index (χ2v) is 6.76. The minimum atomic E-state index is 0.520.